The van der Waals surface area contributed by atoms with Crippen molar-refractivity contribution >= 4 is 27.3 Å². The predicted octanol–water partition coefficient (Wildman–Crippen LogP) is 3.84. The van der Waals surface area contributed by atoms with Gasteiger partial charge in [-0.1, -0.05) is 31.9 Å². The van der Waals surface area contributed by atoms with Crippen LogP contribution in [0.2, 0.25) is 0 Å². The molecule has 0 aliphatic heterocycles. The first-order chi connectivity index (χ1) is 14.5. The van der Waals surface area contributed by atoms with Crippen LogP contribution < -0.4 is 17.3 Å². The van der Waals surface area contributed by atoms with Gasteiger partial charge in [-0.05, 0) is 47.8 Å². The molecule has 1 amide bonds. The molecule has 1 heterocycles. The number of hydrazine groups is 1. The number of thiophene rings is 1. The highest BCUT2D eigenvalue weighted by atomic mass is 32.1. The maximum atomic E-state index is 13.2. The molecule has 0 radical (unpaired) electrons. The van der Waals surface area contributed by atoms with Gasteiger partial charge in [0, 0.05) is 10.9 Å². The number of fused-ring (bicyclic) bond motifs is 1. The Labute approximate surface area is 182 Å². The van der Waals surface area contributed by atoms with E-state index in [1.807, 2.05) is 18.2 Å². The van der Waals surface area contributed by atoms with E-state index in [1.54, 1.807) is 0 Å². The summed E-state index contributed by atoms with van der Waals surface area (Å²) in [6.07, 6.45) is -0.364. The molecule has 1 aromatic heterocycles. The van der Waals surface area contributed by atoms with Crippen LogP contribution in [-0.2, 0) is 6.54 Å². The van der Waals surface area contributed by atoms with Crippen LogP contribution >= 0.6 is 11.3 Å². The highest BCUT2D eigenvalue weighted by molar-refractivity contribution is 7.21. The number of amides is 1. The summed E-state index contributed by atoms with van der Waals surface area (Å²) < 4.78 is 40.4. The molecule has 3 rings (SSSR count). The normalized spacial score (nSPS) is 17.8. The Morgan fingerprint density at radius 3 is 2.48 bits per heavy atom. The minimum atomic E-state index is -4.92. The molecular weight excluding hydrogens is 429 g/mol. The molecule has 1 aromatic carbocycles. The SMILES string of the molecule is CCC(O)(/C(N)=C/N(N)Cc1ccc2c(C3CCCC3)c(C(N)=O)sc2c1)C(F)(F)F. The van der Waals surface area contributed by atoms with Crippen LogP contribution in [-0.4, -0.2) is 27.8 Å². The van der Waals surface area contributed by atoms with Crippen molar-refractivity contribution in [3.05, 3.63) is 46.1 Å². The van der Waals surface area contributed by atoms with Crippen molar-refractivity contribution in [2.24, 2.45) is 17.3 Å². The predicted molar refractivity (Wildman–Crippen MR) is 115 cm³/mol. The maximum absolute atomic E-state index is 13.2. The molecule has 1 fully saturated rings. The fourth-order valence-electron chi connectivity index (χ4n) is 4.17. The van der Waals surface area contributed by atoms with Crippen LogP contribution in [0.25, 0.3) is 10.1 Å². The van der Waals surface area contributed by atoms with E-state index in [0.717, 1.165) is 58.1 Å². The zero-order valence-corrected chi connectivity index (χ0v) is 18.0. The van der Waals surface area contributed by atoms with E-state index in [2.05, 4.69) is 0 Å². The topological polar surface area (TPSA) is 119 Å². The smallest absolute Gasteiger partial charge is 0.398 e. The monoisotopic (exact) mass is 456 g/mol. The summed E-state index contributed by atoms with van der Waals surface area (Å²) in [6.45, 7) is 1.26. The lowest BCUT2D eigenvalue weighted by Crippen LogP contribution is -2.49. The molecule has 0 spiro atoms. The number of nitrogens with zero attached hydrogens (tertiary/aromatic N) is 1. The van der Waals surface area contributed by atoms with Crippen molar-refractivity contribution in [1.29, 1.82) is 0 Å². The molecule has 1 aliphatic carbocycles. The van der Waals surface area contributed by atoms with E-state index in [4.69, 9.17) is 17.3 Å². The molecule has 1 atom stereocenters. The molecule has 0 bridgehead atoms. The maximum Gasteiger partial charge on any atom is 0.422 e. The van der Waals surface area contributed by atoms with Crippen molar-refractivity contribution in [2.45, 2.75) is 63.3 Å². The first-order valence-corrected chi connectivity index (χ1v) is 10.9. The highest BCUT2D eigenvalue weighted by Crippen LogP contribution is 2.43. The largest absolute Gasteiger partial charge is 0.422 e. The van der Waals surface area contributed by atoms with Crippen LogP contribution in [0.3, 0.4) is 0 Å². The second kappa shape index (κ2) is 8.68. The van der Waals surface area contributed by atoms with Crippen molar-refractivity contribution < 1.29 is 23.1 Å². The zero-order valence-electron chi connectivity index (χ0n) is 17.2. The fraction of sp³-hybridized carbons (Fsp3) is 0.476. The second-order valence-electron chi connectivity index (χ2n) is 7.99. The van der Waals surface area contributed by atoms with Gasteiger partial charge in [-0.3, -0.25) is 4.79 Å². The number of alkyl halides is 3. The Morgan fingerprint density at radius 1 is 1.29 bits per heavy atom. The molecule has 10 heteroatoms. The first-order valence-electron chi connectivity index (χ1n) is 10.1. The van der Waals surface area contributed by atoms with Gasteiger partial charge in [-0.25, -0.2) is 5.84 Å². The minimum Gasteiger partial charge on any atom is -0.398 e. The third kappa shape index (κ3) is 4.51. The van der Waals surface area contributed by atoms with Crippen molar-refractivity contribution in [3.63, 3.8) is 0 Å². The lowest BCUT2D eigenvalue weighted by Gasteiger charge is -2.30. The molecule has 31 heavy (non-hydrogen) atoms. The number of nitrogens with two attached hydrogens (primary N) is 3. The van der Waals surface area contributed by atoms with Gasteiger partial charge in [0.2, 0.25) is 5.60 Å². The second-order valence-corrected chi connectivity index (χ2v) is 9.04. The van der Waals surface area contributed by atoms with Crippen molar-refractivity contribution in [3.8, 4) is 0 Å². The van der Waals surface area contributed by atoms with Crippen molar-refractivity contribution in [2.75, 3.05) is 0 Å². The van der Waals surface area contributed by atoms with E-state index in [0.29, 0.717) is 10.8 Å². The van der Waals surface area contributed by atoms with Crippen LogP contribution in [0, 0.1) is 0 Å². The number of halogens is 3. The standard InChI is InChI=1S/C21H27F3N4O2S/c1-2-20(30,21(22,23)24)16(25)11-28(27)10-12-7-8-14-15(9-12)31-18(19(26)29)17(14)13-5-3-4-6-13/h7-9,11,13,30H,2-6,10,25,27H2,1H3,(H2,26,29)/b16-11-. The third-order valence-electron chi connectivity index (χ3n) is 5.91. The summed E-state index contributed by atoms with van der Waals surface area (Å²) in [5.74, 6) is 5.71. The summed E-state index contributed by atoms with van der Waals surface area (Å²) in [7, 11) is 0. The van der Waals surface area contributed by atoms with E-state index in [1.165, 1.54) is 18.3 Å². The Bertz CT molecular complexity index is 998. The Hall–Kier alpha value is -2.30. The van der Waals surface area contributed by atoms with E-state index in [-0.39, 0.29) is 6.54 Å². The average Bonchev–Trinajstić information content (AvgIpc) is 3.32. The summed E-state index contributed by atoms with van der Waals surface area (Å²) in [5, 5.41) is 11.9. The highest BCUT2D eigenvalue weighted by Gasteiger charge is 2.54. The van der Waals surface area contributed by atoms with Gasteiger partial charge in [-0.15, -0.1) is 11.3 Å². The van der Waals surface area contributed by atoms with Gasteiger partial charge in [0.05, 0.1) is 17.1 Å². The Balaban J connectivity index is 1.88. The number of rotatable bonds is 7. The molecule has 7 N–H and O–H groups in total. The number of benzene rings is 1. The molecule has 1 saturated carbocycles. The van der Waals surface area contributed by atoms with Gasteiger partial charge >= 0.3 is 6.18 Å². The molecular formula is C21H27F3N4O2S. The number of primary amides is 1. The number of hydrogen-bond acceptors (Lipinski definition) is 6. The van der Waals surface area contributed by atoms with E-state index in [9.17, 15) is 23.1 Å². The lowest BCUT2D eigenvalue weighted by atomic mass is 9.94. The summed E-state index contributed by atoms with van der Waals surface area (Å²) >= 11 is 1.32. The van der Waals surface area contributed by atoms with Crippen LogP contribution in [0.1, 0.15) is 65.7 Å². The van der Waals surface area contributed by atoms with Gasteiger partial charge < -0.3 is 21.6 Å². The van der Waals surface area contributed by atoms with E-state index >= 15 is 0 Å². The minimum absolute atomic E-state index is 0.0663. The molecule has 1 aliphatic rings. The Morgan fingerprint density at radius 2 is 1.94 bits per heavy atom. The lowest BCUT2D eigenvalue weighted by molar-refractivity contribution is -0.245. The van der Waals surface area contributed by atoms with Crippen LogP contribution in [0.4, 0.5) is 13.2 Å². The average molecular weight is 457 g/mol. The molecule has 0 saturated heterocycles. The molecule has 170 valence electrons. The first kappa shape index (κ1) is 23.4. The number of carbonyl (C=O) groups excluding carboxylic acids is 1. The van der Waals surface area contributed by atoms with Gasteiger partial charge in [-0.2, -0.15) is 13.2 Å². The number of aliphatic hydroxyl groups is 1. The molecule has 6 nitrogen and oxygen atoms in total. The van der Waals surface area contributed by atoms with Gasteiger partial charge in [0.25, 0.3) is 5.91 Å². The number of hydrogen-bond donors (Lipinski definition) is 4. The quantitative estimate of drug-likeness (QED) is 0.373. The Kier molecular flexibility index (Phi) is 6.54. The van der Waals surface area contributed by atoms with Crippen LogP contribution in [0.15, 0.2) is 30.1 Å². The molecule has 1 unspecified atom stereocenters. The van der Waals surface area contributed by atoms with Crippen molar-refractivity contribution in [1.82, 2.24) is 5.01 Å². The summed E-state index contributed by atoms with van der Waals surface area (Å²) in [6, 6.07) is 5.57. The summed E-state index contributed by atoms with van der Waals surface area (Å²) in [5.41, 5.74) is 8.96. The third-order valence-corrected chi connectivity index (χ3v) is 7.09. The fourth-order valence-corrected chi connectivity index (χ4v) is 5.38. The van der Waals surface area contributed by atoms with Crippen LogP contribution in [0.5, 0.6) is 0 Å². The number of carbonyl (C=O) groups is 1. The summed E-state index contributed by atoms with van der Waals surface area (Å²) in [4.78, 5) is 12.6. The molecule has 2 aromatic rings. The van der Waals surface area contributed by atoms with Gasteiger partial charge in [0.1, 0.15) is 0 Å². The van der Waals surface area contributed by atoms with Gasteiger partial charge in [0.15, 0.2) is 0 Å². The van der Waals surface area contributed by atoms with E-state index < -0.39 is 29.8 Å². The zero-order chi connectivity index (χ0) is 23.0.